The molecular formula is C22H28BrNO5. The summed E-state index contributed by atoms with van der Waals surface area (Å²) in [6.45, 7) is 2.90. The number of hydrogen-bond donors (Lipinski definition) is 0. The van der Waals surface area contributed by atoms with Crippen molar-refractivity contribution in [2.45, 2.75) is 19.8 Å². The zero-order chi connectivity index (χ0) is 21.2. The molecule has 0 bridgehead atoms. The van der Waals surface area contributed by atoms with Gasteiger partial charge in [0.05, 0.1) is 10.9 Å². The number of hydrogen-bond acceptors (Lipinski definition) is 5. The highest BCUT2D eigenvalue weighted by Crippen LogP contribution is 2.43. The van der Waals surface area contributed by atoms with Crippen LogP contribution < -0.4 is 9.47 Å². The van der Waals surface area contributed by atoms with Gasteiger partial charge in [-0.25, -0.2) is 0 Å². The molecule has 0 fully saturated rings. The first-order valence-electron chi connectivity index (χ1n) is 9.41. The van der Waals surface area contributed by atoms with Crippen LogP contribution in [0.25, 0.3) is 11.1 Å². The van der Waals surface area contributed by atoms with Crippen LogP contribution in [0.3, 0.4) is 0 Å². The second-order valence-corrected chi connectivity index (χ2v) is 7.29. The lowest BCUT2D eigenvalue weighted by Crippen LogP contribution is -2.29. The van der Waals surface area contributed by atoms with Crippen LogP contribution in [0.2, 0.25) is 0 Å². The highest BCUT2D eigenvalue weighted by atomic mass is 79.9. The van der Waals surface area contributed by atoms with E-state index in [2.05, 4.69) is 15.9 Å². The maximum Gasteiger partial charge on any atom is 0.226 e. The Balaban J connectivity index is 2.62. The molecule has 0 heterocycles. The van der Waals surface area contributed by atoms with Gasteiger partial charge in [-0.1, -0.05) is 37.3 Å². The first kappa shape index (κ1) is 23.2. The van der Waals surface area contributed by atoms with Gasteiger partial charge in [-0.15, -0.1) is 0 Å². The molecule has 0 aromatic heterocycles. The van der Waals surface area contributed by atoms with Gasteiger partial charge in [0.25, 0.3) is 0 Å². The Morgan fingerprint density at radius 3 is 2.24 bits per heavy atom. The van der Waals surface area contributed by atoms with E-state index in [9.17, 15) is 4.79 Å². The van der Waals surface area contributed by atoms with Crippen molar-refractivity contribution >= 4 is 21.8 Å². The van der Waals surface area contributed by atoms with Crippen molar-refractivity contribution < 1.29 is 23.7 Å². The number of carbonyl (C=O) groups is 1. The van der Waals surface area contributed by atoms with Gasteiger partial charge >= 0.3 is 0 Å². The Morgan fingerprint density at radius 2 is 1.66 bits per heavy atom. The first-order chi connectivity index (χ1) is 14.0. The summed E-state index contributed by atoms with van der Waals surface area (Å²) in [6.07, 6.45) is 1.10. The molecule has 7 heteroatoms. The van der Waals surface area contributed by atoms with E-state index >= 15 is 0 Å². The Hall–Kier alpha value is -2.09. The molecule has 2 aromatic carbocycles. The van der Waals surface area contributed by atoms with Gasteiger partial charge < -0.3 is 23.8 Å². The number of carbonyl (C=O) groups excluding carboxylic acids is 1. The molecule has 0 atom stereocenters. The minimum absolute atomic E-state index is 0.0197. The zero-order valence-corrected chi connectivity index (χ0v) is 19.0. The molecule has 0 spiro atoms. The Labute approximate surface area is 180 Å². The number of likely N-dealkylation sites (N-methyl/N-ethyl adjacent to an activating group) is 1. The van der Waals surface area contributed by atoms with E-state index < -0.39 is 0 Å². The molecular weight excluding hydrogens is 438 g/mol. The molecule has 0 aliphatic carbocycles. The van der Waals surface area contributed by atoms with Crippen LogP contribution in [0.5, 0.6) is 11.5 Å². The van der Waals surface area contributed by atoms with Crippen molar-refractivity contribution in [3.63, 3.8) is 0 Å². The van der Waals surface area contributed by atoms with E-state index in [0.717, 1.165) is 23.1 Å². The monoisotopic (exact) mass is 465 g/mol. The summed E-state index contributed by atoms with van der Waals surface area (Å²) < 4.78 is 22.4. The van der Waals surface area contributed by atoms with Gasteiger partial charge in [0, 0.05) is 39.4 Å². The maximum absolute atomic E-state index is 12.9. The second-order valence-electron chi connectivity index (χ2n) is 6.50. The fourth-order valence-electron chi connectivity index (χ4n) is 2.96. The van der Waals surface area contributed by atoms with Gasteiger partial charge in [-0.05, 0) is 33.5 Å². The van der Waals surface area contributed by atoms with Crippen molar-refractivity contribution in [1.82, 2.24) is 4.90 Å². The third-order valence-corrected chi connectivity index (χ3v) is 5.20. The Morgan fingerprint density at radius 1 is 1.03 bits per heavy atom. The molecule has 2 rings (SSSR count). The molecule has 0 aliphatic rings. The summed E-state index contributed by atoms with van der Waals surface area (Å²) in [5, 5.41) is 0. The molecule has 158 valence electrons. The van der Waals surface area contributed by atoms with Gasteiger partial charge in [-0.2, -0.15) is 0 Å². The highest BCUT2D eigenvalue weighted by Gasteiger charge is 2.23. The molecule has 0 radical (unpaired) electrons. The van der Waals surface area contributed by atoms with E-state index in [1.807, 2.05) is 44.3 Å². The van der Waals surface area contributed by atoms with E-state index in [0.29, 0.717) is 22.5 Å². The van der Waals surface area contributed by atoms with Crippen LogP contribution in [0.15, 0.2) is 40.9 Å². The summed E-state index contributed by atoms with van der Waals surface area (Å²) >= 11 is 3.64. The molecule has 0 unspecified atom stereocenters. The average Bonchev–Trinajstić information content (AvgIpc) is 2.73. The highest BCUT2D eigenvalue weighted by molar-refractivity contribution is 9.10. The summed E-state index contributed by atoms with van der Waals surface area (Å²) in [5.41, 5.74) is 2.57. The topological polar surface area (TPSA) is 57.2 Å². The fourth-order valence-corrected chi connectivity index (χ4v) is 3.53. The minimum atomic E-state index is 0.0197. The first-order valence-corrected chi connectivity index (χ1v) is 10.2. The fraction of sp³-hybridized carbons (Fsp3) is 0.409. The minimum Gasteiger partial charge on any atom is -0.467 e. The SMILES string of the molecule is CCCN(C)C(=O)Cc1c(Br)c(OCOC)cc(OCOC)c1-c1ccccc1. The third-order valence-electron chi connectivity index (χ3n) is 4.33. The number of ether oxygens (including phenoxy) is 4. The van der Waals surface area contributed by atoms with Gasteiger partial charge in [0.15, 0.2) is 13.6 Å². The van der Waals surface area contributed by atoms with Crippen molar-refractivity contribution in [3.8, 4) is 22.6 Å². The van der Waals surface area contributed by atoms with Crippen LogP contribution in [0.1, 0.15) is 18.9 Å². The number of methoxy groups -OCH3 is 2. The van der Waals surface area contributed by atoms with E-state index in [4.69, 9.17) is 18.9 Å². The summed E-state index contributed by atoms with van der Waals surface area (Å²) in [4.78, 5) is 14.6. The Kier molecular flexibility index (Phi) is 9.44. The van der Waals surface area contributed by atoms with Crippen molar-refractivity contribution in [3.05, 3.63) is 46.4 Å². The second kappa shape index (κ2) is 11.8. The van der Waals surface area contributed by atoms with Crippen LogP contribution >= 0.6 is 15.9 Å². The molecule has 2 aromatic rings. The van der Waals surface area contributed by atoms with Crippen LogP contribution in [-0.4, -0.2) is 52.2 Å². The molecule has 29 heavy (non-hydrogen) atoms. The Bertz CT molecular complexity index is 798. The normalized spacial score (nSPS) is 10.7. The van der Waals surface area contributed by atoms with Crippen molar-refractivity contribution in [2.75, 3.05) is 41.4 Å². The molecule has 0 N–H and O–H groups in total. The summed E-state index contributed by atoms with van der Waals surface area (Å²) in [5.74, 6) is 1.14. The predicted molar refractivity (Wildman–Crippen MR) is 116 cm³/mol. The van der Waals surface area contributed by atoms with Crippen LogP contribution in [-0.2, 0) is 20.7 Å². The number of halogens is 1. The lowest BCUT2D eigenvalue weighted by atomic mass is 9.95. The van der Waals surface area contributed by atoms with Crippen molar-refractivity contribution in [1.29, 1.82) is 0 Å². The standard InChI is InChI=1S/C22H28BrNO5/c1-5-11-24(2)20(25)12-17-21(16-9-7-6-8-10-16)18(28-14-26-3)13-19(22(17)23)29-15-27-4/h6-10,13H,5,11-12,14-15H2,1-4H3. The van der Waals surface area contributed by atoms with Gasteiger partial charge in [0.1, 0.15) is 11.5 Å². The number of nitrogens with zero attached hydrogens (tertiary/aromatic N) is 1. The summed E-state index contributed by atoms with van der Waals surface area (Å²) in [7, 11) is 4.93. The maximum atomic E-state index is 12.9. The largest absolute Gasteiger partial charge is 0.467 e. The quantitative estimate of drug-likeness (QED) is 0.457. The predicted octanol–water partition coefficient (Wildman–Crippen LogP) is 4.49. The number of rotatable bonds is 11. The smallest absolute Gasteiger partial charge is 0.226 e. The third kappa shape index (κ3) is 6.19. The van der Waals surface area contributed by atoms with Gasteiger partial charge in [-0.3, -0.25) is 4.79 Å². The lowest BCUT2D eigenvalue weighted by molar-refractivity contribution is -0.129. The van der Waals surface area contributed by atoms with E-state index in [1.165, 1.54) is 0 Å². The number of amides is 1. The average molecular weight is 466 g/mol. The van der Waals surface area contributed by atoms with Crippen LogP contribution in [0.4, 0.5) is 0 Å². The van der Waals surface area contributed by atoms with Gasteiger partial charge in [0.2, 0.25) is 5.91 Å². The number of benzene rings is 2. The van der Waals surface area contributed by atoms with E-state index in [-0.39, 0.29) is 25.9 Å². The van der Waals surface area contributed by atoms with Crippen molar-refractivity contribution in [2.24, 2.45) is 0 Å². The molecule has 6 nitrogen and oxygen atoms in total. The molecule has 1 amide bonds. The zero-order valence-electron chi connectivity index (χ0n) is 17.4. The molecule has 0 saturated heterocycles. The van der Waals surface area contributed by atoms with Crippen LogP contribution in [0, 0.1) is 0 Å². The lowest BCUT2D eigenvalue weighted by Gasteiger charge is -2.22. The molecule has 0 saturated carbocycles. The van der Waals surface area contributed by atoms with E-state index in [1.54, 1.807) is 25.2 Å². The molecule has 0 aliphatic heterocycles. The summed E-state index contributed by atoms with van der Waals surface area (Å²) in [6, 6.07) is 11.6.